The third-order valence-corrected chi connectivity index (χ3v) is 1.60. The van der Waals surface area contributed by atoms with E-state index in [-0.39, 0.29) is 64.6 Å². The van der Waals surface area contributed by atoms with Crippen molar-refractivity contribution in [1.29, 1.82) is 0 Å². The fourth-order valence-corrected chi connectivity index (χ4v) is 0.828. The Balaban J connectivity index is 0.00000121. The van der Waals surface area contributed by atoms with Crippen LogP contribution in [0.25, 0.3) is 0 Å². The van der Waals surface area contributed by atoms with E-state index in [0.29, 0.717) is 0 Å². The fraction of sp³-hybridized carbons (Fsp3) is 0.857. The standard InChI is InChI=1S/C7H12O4.K/c1-7(2)10-3-5(4-11-7)6(8)9;/h5H,3-4H2,1-2H3,(H,8,9);/q;+1/p-1. The maximum Gasteiger partial charge on any atom is 1.00 e. The third kappa shape index (κ3) is 3.82. The first-order valence-electron chi connectivity index (χ1n) is 3.50. The fourth-order valence-electron chi connectivity index (χ4n) is 0.828. The monoisotopic (exact) mass is 198 g/mol. The Morgan fingerprint density at radius 1 is 1.42 bits per heavy atom. The van der Waals surface area contributed by atoms with Gasteiger partial charge in [-0.1, -0.05) is 0 Å². The van der Waals surface area contributed by atoms with E-state index in [1.165, 1.54) is 0 Å². The van der Waals surface area contributed by atoms with Gasteiger partial charge in [-0.3, -0.25) is 0 Å². The number of aliphatic carboxylic acids is 1. The van der Waals surface area contributed by atoms with Crippen molar-refractivity contribution in [1.82, 2.24) is 0 Å². The van der Waals surface area contributed by atoms with Gasteiger partial charge >= 0.3 is 51.4 Å². The average molecular weight is 198 g/mol. The predicted octanol–water partition coefficient (Wildman–Crippen LogP) is -3.86. The van der Waals surface area contributed by atoms with Crippen LogP contribution in [0.5, 0.6) is 0 Å². The largest absolute Gasteiger partial charge is 1.00 e. The molecular formula is C7H11KO4. The Bertz CT molecular complexity index is 159. The van der Waals surface area contributed by atoms with Gasteiger partial charge in [0.25, 0.3) is 0 Å². The molecule has 0 bridgehead atoms. The molecule has 0 amide bonds. The van der Waals surface area contributed by atoms with Crippen LogP contribution < -0.4 is 56.5 Å². The van der Waals surface area contributed by atoms with E-state index in [1.54, 1.807) is 13.8 Å². The summed E-state index contributed by atoms with van der Waals surface area (Å²) in [7, 11) is 0. The maximum absolute atomic E-state index is 10.3. The van der Waals surface area contributed by atoms with Gasteiger partial charge in [0.15, 0.2) is 5.79 Å². The van der Waals surface area contributed by atoms with Crippen LogP contribution in [0.2, 0.25) is 0 Å². The molecule has 1 fully saturated rings. The Morgan fingerprint density at radius 3 is 2.17 bits per heavy atom. The zero-order valence-electron chi connectivity index (χ0n) is 7.62. The van der Waals surface area contributed by atoms with Crippen molar-refractivity contribution < 1.29 is 70.8 Å². The van der Waals surface area contributed by atoms with Gasteiger partial charge in [-0.2, -0.15) is 0 Å². The molecule has 1 aliphatic rings. The molecular weight excluding hydrogens is 187 g/mol. The van der Waals surface area contributed by atoms with Gasteiger partial charge in [0.1, 0.15) is 0 Å². The van der Waals surface area contributed by atoms with Crippen LogP contribution in [0.3, 0.4) is 0 Å². The van der Waals surface area contributed by atoms with Crippen molar-refractivity contribution in [3.05, 3.63) is 0 Å². The molecule has 0 saturated carbocycles. The van der Waals surface area contributed by atoms with E-state index in [2.05, 4.69) is 0 Å². The molecule has 1 heterocycles. The summed E-state index contributed by atoms with van der Waals surface area (Å²) < 4.78 is 10.2. The molecule has 0 aromatic heterocycles. The molecule has 0 aromatic rings. The molecule has 1 saturated heterocycles. The van der Waals surface area contributed by atoms with Crippen LogP contribution >= 0.6 is 0 Å². The summed E-state index contributed by atoms with van der Waals surface area (Å²) in [6, 6.07) is 0. The molecule has 12 heavy (non-hydrogen) atoms. The van der Waals surface area contributed by atoms with Crippen molar-refractivity contribution in [2.24, 2.45) is 5.92 Å². The number of hydrogen-bond acceptors (Lipinski definition) is 4. The average Bonchev–Trinajstić information content (AvgIpc) is 1.86. The number of ether oxygens (including phenoxy) is 2. The van der Waals surface area contributed by atoms with Crippen LogP contribution in [0, 0.1) is 5.92 Å². The van der Waals surface area contributed by atoms with E-state index < -0.39 is 17.7 Å². The molecule has 64 valence electrons. The molecule has 0 spiro atoms. The quantitative estimate of drug-likeness (QED) is 0.405. The Kier molecular flexibility index (Phi) is 5.48. The maximum atomic E-state index is 10.3. The van der Waals surface area contributed by atoms with Crippen LogP contribution in [-0.4, -0.2) is 25.0 Å². The molecule has 5 heteroatoms. The summed E-state index contributed by atoms with van der Waals surface area (Å²) >= 11 is 0. The van der Waals surface area contributed by atoms with Crippen LogP contribution in [0.15, 0.2) is 0 Å². The van der Waals surface area contributed by atoms with E-state index in [1.807, 2.05) is 0 Å². The topological polar surface area (TPSA) is 58.6 Å². The number of carbonyl (C=O) groups excluding carboxylic acids is 1. The number of hydrogen-bond donors (Lipinski definition) is 0. The predicted molar refractivity (Wildman–Crippen MR) is 34.5 cm³/mol. The second kappa shape index (κ2) is 5.04. The van der Waals surface area contributed by atoms with Crippen LogP contribution in [0.4, 0.5) is 0 Å². The number of carboxylic acid groups (broad SMARTS) is 1. The van der Waals surface area contributed by atoms with Gasteiger partial charge in [-0.25, -0.2) is 0 Å². The summed E-state index contributed by atoms with van der Waals surface area (Å²) in [5.74, 6) is -2.38. The van der Waals surface area contributed by atoms with Crippen molar-refractivity contribution in [2.45, 2.75) is 19.6 Å². The Hall–Kier alpha value is 1.03. The van der Waals surface area contributed by atoms with Crippen LogP contribution in [0.1, 0.15) is 13.8 Å². The second-order valence-electron chi connectivity index (χ2n) is 3.04. The first kappa shape index (κ1) is 13.0. The molecule has 0 aromatic carbocycles. The zero-order chi connectivity index (χ0) is 8.48. The van der Waals surface area contributed by atoms with Crippen molar-refractivity contribution in [3.63, 3.8) is 0 Å². The minimum Gasteiger partial charge on any atom is -0.550 e. The summed E-state index contributed by atoms with van der Waals surface area (Å²) in [5, 5.41) is 10.3. The molecule has 0 atom stereocenters. The van der Waals surface area contributed by atoms with Crippen molar-refractivity contribution in [2.75, 3.05) is 13.2 Å². The molecule has 0 unspecified atom stereocenters. The minimum absolute atomic E-state index is 0. The second-order valence-corrected chi connectivity index (χ2v) is 3.04. The summed E-state index contributed by atoms with van der Waals surface area (Å²) in [5.41, 5.74) is 0. The van der Waals surface area contributed by atoms with Gasteiger partial charge in [-0.15, -0.1) is 0 Å². The smallest absolute Gasteiger partial charge is 0.550 e. The summed E-state index contributed by atoms with van der Waals surface area (Å²) in [6.45, 7) is 3.85. The van der Waals surface area contributed by atoms with Crippen molar-refractivity contribution >= 4 is 5.97 Å². The van der Waals surface area contributed by atoms with Gasteiger partial charge in [0.05, 0.1) is 13.2 Å². The van der Waals surface area contributed by atoms with Gasteiger partial charge in [-0.05, 0) is 13.8 Å². The van der Waals surface area contributed by atoms with Crippen molar-refractivity contribution in [3.8, 4) is 0 Å². The Labute approximate surface area is 114 Å². The molecule has 0 aliphatic carbocycles. The zero-order valence-corrected chi connectivity index (χ0v) is 10.7. The van der Waals surface area contributed by atoms with E-state index >= 15 is 0 Å². The number of carboxylic acids is 1. The van der Waals surface area contributed by atoms with Gasteiger partial charge in [0, 0.05) is 11.9 Å². The van der Waals surface area contributed by atoms with E-state index in [0.717, 1.165) is 0 Å². The molecule has 0 radical (unpaired) electrons. The first-order valence-corrected chi connectivity index (χ1v) is 3.50. The van der Waals surface area contributed by atoms with Gasteiger partial charge < -0.3 is 19.4 Å². The van der Waals surface area contributed by atoms with E-state index in [9.17, 15) is 9.90 Å². The SMILES string of the molecule is CC1(C)OCC(C(=O)[O-])CO1.[K+]. The molecule has 4 nitrogen and oxygen atoms in total. The van der Waals surface area contributed by atoms with Crippen LogP contribution in [-0.2, 0) is 14.3 Å². The molecule has 0 N–H and O–H groups in total. The molecule has 1 aliphatic heterocycles. The normalized spacial score (nSPS) is 22.8. The first-order chi connectivity index (χ1) is 5.01. The van der Waals surface area contributed by atoms with E-state index in [4.69, 9.17) is 9.47 Å². The summed E-state index contributed by atoms with van der Waals surface area (Å²) in [6.07, 6.45) is 0. The number of carbonyl (C=O) groups is 1. The number of rotatable bonds is 1. The van der Waals surface area contributed by atoms with Gasteiger partial charge in [0.2, 0.25) is 0 Å². The summed E-state index contributed by atoms with van der Waals surface area (Å²) in [4.78, 5) is 10.3. The molecule has 1 rings (SSSR count). The minimum atomic E-state index is -1.11. The Morgan fingerprint density at radius 2 is 1.83 bits per heavy atom. The third-order valence-electron chi connectivity index (χ3n) is 1.60.